The zero-order chi connectivity index (χ0) is 12.3. The SMILES string of the molecule is CC(C)(O)C1CCCNC1Cc1ccccc1. The van der Waals surface area contributed by atoms with Crippen molar-refractivity contribution in [3.05, 3.63) is 35.9 Å². The van der Waals surface area contributed by atoms with E-state index in [1.54, 1.807) is 0 Å². The van der Waals surface area contributed by atoms with E-state index in [9.17, 15) is 5.11 Å². The first-order valence-corrected chi connectivity index (χ1v) is 6.57. The lowest BCUT2D eigenvalue weighted by atomic mass is 9.77. The summed E-state index contributed by atoms with van der Waals surface area (Å²) >= 11 is 0. The van der Waals surface area contributed by atoms with Crippen molar-refractivity contribution in [1.29, 1.82) is 0 Å². The molecular weight excluding hydrogens is 210 g/mol. The van der Waals surface area contributed by atoms with Gasteiger partial charge in [0.15, 0.2) is 0 Å². The normalized spacial score (nSPS) is 25.8. The third kappa shape index (κ3) is 3.30. The van der Waals surface area contributed by atoms with Gasteiger partial charge >= 0.3 is 0 Å². The number of rotatable bonds is 3. The monoisotopic (exact) mass is 233 g/mol. The lowest BCUT2D eigenvalue weighted by Crippen LogP contribution is -2.51. The Morgan fingerprint density at radius 1 is 1.29 bits per heavy atom. The third-order valence-corrected chi connectivity index (χ3v) is 3.79. The molecule has 0 amide bonds. The predicted molar refractivity (Wildman–Crippen MR) is 71.0 cm³/mol. The number of aliphatic hydroxyl groups is 1. The molecule has 2 nitrogen and oxygen atoms in total. The van der Waals surface area contributed by atoms with Crippen LogP contribution in [0.25, 0.3) is 0 Å². The molecule has 1 aliphatic heterocycles. The van der Waals surface area contributed by atoms with Gasteiger partial charge < -0.3 is 10.4 Å². The Kier molecular flexibility index (Phi) is 3.85. The zero-order valence-corrected chi connectivity index (χ0v) is 10.8. The van der Waals surface area contributed by atoms with Gasteiger partial charge in [-0.05, 0) is 45.2 Å². The topological polar surface area (TPSA) is 32.3 Å². The summed E-state index contributed by atoms with van der Waals surface area (Å²) in [5.74, 6) is 0.344. The summed E-state index contributed by atoms with van der Waals surface area (Å²) in [6, 6.07) is 10.9. The van der Waals surface area contributed by atoms with E-state index >= 15 is 0 Å². The van der Waals surface area contributed by atoms with Crippen LogP contribution in [0.2, 0.25) is 0 Å². The minimum atomic E-state index is -0.590. The van der Waals surface area contributed by atoms with Crippen LogP contribution in [0.15, 0.2) is 30.3 Å². The summed E-state index contributed by atoms with van der Waals surface area (Å²) in [4.78, 5) is 0. The van der Waals surface area contributed by atoms with Crippen LogP contribution < -0.4 is 5.32 Å². The molecule has 0 aromatic heterocycles. The van der Waals surface area contributed by atoms with Crippen molar-refractivity contribution in [3.8, 4) is 0 Å². The molecule has 1 saturated heterocycles. The molecule has 2 N–H and O–H groups in total. The molecule has 17 heavy (non-hydrogen) atoms. The summed E-state index contributed by atoms with van der Waals surface area (Å²) in [6.45, 7) is 4.94. The van der Waals surface area contributed by atoms with Gasteiger partial charge in [-0.25, -0.2) is 0 Å². The van der Waals surface area contributed by atoms with E-state index in [0.717, 1.165) is 19.4 Å². The highest BCUT2D eigenvalue weighted by Crippen LogP contribution is 2.29. The Labute approximate surface area is 104 Å². The largest absolute Gasteiger partial charge is 0.390 e. The van der Waals surface area contributed by atoms with Gasteiger partial charge in [-0.2, -0.15) is 0 Å². The molecule has 1 fully saturated rings. The molecule has 1 aromatic carbocycles. The van der Waals surface area contributed by atoms with E-state index in [4.69, 9.17) is 0 Å². The Hall–Kier alpha value is -0.860. The summed E-state index contributed by atoms with van der Waals surface area (Å²) < 4.78 is 0. The van der Waals surface area contributed by atoms with E-state index in [1.807, 2.05) is 19.9 Å². The van der Waals surface area contributed by atoms with Crippen molar-refractivity contribution in [3.63, 3.8) is 0 Å². The second kappa shape index (κ2) is 5.19. The van der Waals surface area contributed by atoms with Crippen LogP contribution in [0, 0.1) is 5.92 Å². The molecule has 2 atom stereocenters. The van der Waals surface area contributed by atoms with E-state index < -0.39 is 5.60 Å². The summed E-state index contributed by atoms with van der Waals surface area (Å²) in [5.41, 5.74) is 0.758. The van der Waals surface area contributed by atoms with Gasteiger partial charge in [0.05, 0.1) is 5.60 Å². The molecule has 0 spiro atoms. The number of benzene rings is 1. The zero-order valence-electron chi connectivity index (χ0n) is 10.8. The van der Waals surface area contributed by atoms with Crippen molar-refractivity contribution in [2.24, 2.45) is 5.92 Å². The van der Waals surface area contributed by atoms with Crippen LogP contribution in [-0.2, 0) is 6.42 Å². The highest BCUT2D eigenvalue weighted by molar-refractivity contribution is 5.16. The summed E-state index contributed by atoms with van der Waals surface area (Å²) in [7, 11) is 0. The maximum Gasteiger partial charge on any atom is 0.0634 e. The highest BCUT2D eigenvalue weighted by Gasteiger charge is 2.35. The molecule has 0 saturated carbocycles. The smallest absolute Gasteiger partial charge is 0.0634 e. The fourth-order valence-electron chi connectivity index (χ4n) is 2.88. The molecule has 2 rings (SSSR count). The minimum absolute atomic E-state index is 0.344. The molecule has 0 bridgehead atoms. The Morgan fingerprint density at radius 3 is 2.65 bits per heavy atom. The third-order valence-electron chi connectivity index (χ3n) is 3.79. The standard InChI is InChI=1S/C15H23NO/c1-15(2,17)13-9-6-10-16-14(13)11-12-7-4-3-5-8-12/h3-5,7-8,13-14,16-17H,6,9-11H2,1-2H3. The van der Waals surface area contributed by atoms with Crippen molar-refractivity contribution in [2.45, 2.75) is 44.8 Å². The molecule has 2 heteroatoms. The van der Waals surface area contributed by atoms with Crippen LogP contribution in [0.1, 0.15) is 32.3 Å². The van der Waals surface area contributed by atoms with Crippen molar-refractivity contribution in [1.82, 2.24) is 5.32 Å². The molecular formula is C15H23NO. The van der Waals surface area contributed by atoms with Gasteiger partial charge in [0, 0.05) is 12.0 Å². The minimum Gasteiger partial charge on any atom is -0.390 e. The molecule has 0 radical (unpaired) electrons. The van der Waals surface area contributed by atoms with Gasteiger partial charge in [-0.3, -0.25) is 0 Å². The summed E-state index contributed by atoms with van der Waals surface area (Å²) in [5, 5.41) is 13.8. The van der Waals surface area contributed by atoms with E-state index in [0.29, 0.717) is 12.0 Å². The van der Waals surface area contributed by atoms with Gasteiger partial charge in [0.2, 0.25) is 0 Å². The van der Waals surface area contributed by atoms with Crippen molar-refractivity contribution < 1.29 is 5.11 Å². The van der Waals surface area contributed by atoms with E-state index in [1.165, 1.54) is 12.0 Å². The van der Waals surface area contributed by atoms with Gasteiger partial charge in [-0.1, -0.05) is 30.3 Å². The lowest BCUT2D eigenvalue weighted by molar-refractivity contribution is -0.0131. The number of hydrogen-bond donors (Lipinski definition) is 2. The second-order valence-corrected chi connectivity index (χ2v) is 5.65. The Morgan fingerprint density at radius 2 is 2.00 bits per heavy atom. The molecule has 1 heterocycles. The molecule has 1 aliphatic rings. The van der Waals surface area contributed by atoms with Crippen molar-refractivity contribution >= 4 is 0 Å². The predicted octanol–water partition coefficient (Wildman–Crippen LogP) is 2.37. The Bertz CT molecular complexity index is 342. The van der Waals surface area contributed by atoms with Gasteiger partial charge in [-0.15, -0.1) is 0 Å². The molecule has 1 aromatic rings. The Balaban J connectivity index is 2.07. The van der Waals surface area contributed by atoms with Gasteiger partial charge in [0.25, 0.3) is 0 Å². The summed E-state index contributed by atoms with van der Waals surface area (Å²) in [6.07, 6.45) is 3.30. The first kappa shape index (κ1) is 12.6. The highest BCUT2D eigenvalue weighted by atomic mass is 16.3. The van der Waals surface area contributed by atoms with Crippen LogP contribution in [0.3, 0.4) is 0 Å². The number of nitrogens with one attached hydrogen (secondary N) is 1. The van der Waals surface area contributed by atoms with Crippen LogP contribution in [0.4, 0.5) is 0 Å². The first-order chi connectivity index (χ1) is 8.07. The van der Waals surface area contributed by atoms with Crippen molar-refractivity contribution in [2.75, 3.05) is 6.54 Å². The quantitative estimate of drug-likeness (QED) is 0.840. The molecule has 2 unspecified atom stereocenters. The average molecular weight is 233 g/mol. The van der Waals surface area contributed by atoms with Gasteiger partial charge in [0.1, 0.15) is 0 Å². The fraction of sp³-hybridized carbons (Fsp3) is 0.600. The van der Waals surface area contributed by atoms with Crippen LogP contribution >= 0.6 is 0 Å². The van der Waals surface area contributed by atoms with E-state index in [2.05, 4.69) is 29.6 Å². The lowest BCUT2D eigenvalue weighted by Gasteiger charge is -2.40. The molecule has 0 aliphatic carbocycles. The van der Waals surface area contributed by atoms with Crippen LogP contribution in [0.5, 0.6) is 0 Å². The maximum atomic E-state index is 10.3. The molecule has 94 valence electrons. The second-order valence-electron chi connectivity index (χ2n) is 5.65. The number of hydrogen-bond acceptors (Lipinski definition) is 2. The first-order valence-electron chi connectivity index (χ1n) is 6.57. The number of piperidine rings is 1. The fourth-order valence-corrected chi connectivity index (χ4v) is 2.88. The van der Waals surface area contributed by atoms with E-state index in [-0.39, 0.29) is 0 Å². The maximum absolute atomic E-state index is 10.3. The van der Waals surface area contributed by atoms with Crippen LogP contribution in [-0.4, -0.2) is 23.3 Å². The average Bonchev–Trinajstić information content (AvgIpc) is 2.30.